The molecular weight excluding hydrogens is 268 g/mol. The summed E-state index contributed by atoms with van der Waals surface area (Å²) in [4.78, 5) is 31.8. The molecule has 0 aliphatic carbocycles. The summed E-state index contributed by atoms with van der Waals surface area (Å²) in [7, 11) is 0. The molecule has 2 N–H and O–H groups in total. The zero-order valence-electron chi connectivity index (χ0n) is 10.6. The third-order valence-electron chi connectivity index (χ3n) is 2.11. The average molecular weight is 282 g/mol. The number of ether oxygens (including phenoxy) is 3. The zero-order chi connectivity index (χ0) is 14.8. The third kappa shape index (κ3) is 5.91. The Bertz CT molecular complexity index is 460. The number of rotatable bonds is 8. The molecule has 0 heterocycles. The maximum Gasteiger partial charge on any atom is 0.513 e. The highest BCUT2D eigenvalue weighted by Crippen LogP contribution is 2.12. The second-order valence-corrected chi connectivity index (χ2v) is 3.55. The van der Waals surface area contributed by atoms with Gasteiger partial charge in [-0.05, 0) is 24.3 Å². The molecule has 0 atom stereocenters. The van der Waals surface area contributed by atoms with Crippen molar-refractivity contribution in [3.8, 4) is 5.75 Å². The molecule has 8 heteroatoms. The van der Waals surface area contributed by atoms with Gasteiger partial charge in [0.25, 0.3) is 0 Å². The largest absolute Gasteiger partial charge is 0.513 e. The number of amides is 1. The summed E-state index contributed by atoms with van der Waals surface area (Å²) in [5.41, 5.74) is 5.38. The summed E-state index contributed by atoms with van der Waals surface area (Å²) in [5, 5.41) is 2.60. The summed E-state index contributed by atoms with van der Waals surface area (Å²) in [6, 6.07) is 5.71. The number of carbonyl (C=O) groups excluding carboxylic acids is 2. The van der Waals surface area contributed by atoms with Crippen LogP contribution in [0.3, 0.4) is 0 Å². The summed E-state index contributed by atoms with van der Waals surface area (Å²) in [5.74, 6) is -0.341. The van der Waals surface area contributed by atoms with Gasteiger partial charge < -0.3 is 19.9 Å². The Hall–Kier alpha value is -2.48. The number of hydrogen-bond donors (Lipinski definition) is 1. The minimum Gasteiger partial charge on any atom is -0.432 e. The van der Waals surface area contributed by atoms with E-state index in [0.717, 1.165) is 0 Å². The Morgan fingerprint density at radius 2 is 1.80 bits per heavy atom. The Labute approximate surface area is 114 Å². The molecule has 0 radical (unpaired) electrons. The van der Waals surface area contributed by atoms with Gasteiger partial charge in [-0.15, -0.1) is 0 Å². The van der Waals surface area contributed by atoms with Crippen molar-refractivity contribution in [2.45, 2.75) is 0 Å². The molecule has 8 nitrogen and oxygen atoms in total. The molecule has 0 spiro atoms. The van der Waals surface area contributed by atoms with Crippen molar-refractivity contribution in [2.24, 2.45) is 10.9 Å². The van der Waals surface area contributed by atoms with Crippen LogP contribution in [0.25, 0.3) is 0 Å². The van der Waals surface area contributed by atoms with Gasteiger partial charge in [0.2, 0.25) is 5.91 Å². The highest BCUT2D eigenvalue weighted by Gasteiger charge is 2.07. The van der Waals surface area contributed by atoms with Gasteiger partial charge in [0.05, 0.1) is 13.2 Å². The van der Waals surface area contributed by atoms with E-state index in [-0.39, 0.29) is 32.1 Å². The van der Waals surface area contributed by atoms with E-state index in [4.69, 9.17) is 19.9 Å². The summed E-state index contributed by atoms with van der Waals surface area (Å²) < 4.78 is 14.5. The average Bonchev–Trinajstić information content (AvgIpc) is 2.43. The lowest BCUT2D eigenvalue weighted by atomic mass is 10.2. The van der Waals surface area contributed by atoms with Gasteiger partial charge in [0.1, 0.15) is 18.9 Å². The Morgan fingerprint density at radius 1 is 1.10 bits per heavy atom. The van der Waals surface area contributed by atoms with E-state index in [0.29, 0.717) is 5.56 Å². The van der Waals surface area contributed by atoms with Gasteiger partial charge in [-0.3, -0.25) is 4.79 Å². The van der Waals surface area contributed by atoms with Crippen molar-refractivity contribution in [1.82, 2.24) is 0 Å². The predicted molar refractivity (Wildman–Crippen MR) is 68.4 cm³/mol. The number of carbonyl (C=O) groups is 2. The quantitative estimate of drug-likeness (QED) is 0.330. The molecule has 0 saturated heterocycles. The van der Waals surface area contributed by atoms with Crippen LogP contribution in [0, 0.1) is 4.91 Å². The van der Waals surface area contributed by atoms with Crippen LogP contribution in [0.15, 0.2) is 29.4 Å². The molecule has 0 saturated carbocycles. The summed E-state index contributed by atoms with van der Waals surface area (Å²) in [6.07, 6.45) is -0.895. The Morgan fingerprint density at radius 3 is 2.40 bits per heavy atom. The number of primary amides is 1. The van der Waals surface area contributed by atoms with Crippen LogP contribution in [0.4, 0.5) is 4.79 Å². The van der Waals surface area contributed by atoms with Gasteiger partial charge in [-0.1, -0.05) is 5.18 Å². The van der Waals surface area contributed by atoms with Crippen molar-refractivity contribution in [1.29, 1.82) is 0 Å². The first-order chi connectivity index (χ1) is 9.63. The van der Waals surface area contributed by atoms with E-state index in [1.54, 1.807) is 0 Å². The SMILES string of the molecule is NC(=O)c1ccc(OC(=O)OCCOCCN=O)cc1. The normalized spacial score (nSPS) is 9.80. The fourth-order valence-electron chi connectivity index (χ4n) is 1.20. The first-order valence-corrected chi connectivity index (χ1v) is 5.75. The van der Waals surface area contributed by atoms with E-state index >= 15 is 0 Å². The molecule has 0 bridgehead atoms. The van der Waals surface area contributed by atoms with Gasteiger partial charge in [0, 0.05) is 5.56 Å². The Balaban J connectivity index is 2.24. The van der Waals surface area contributed by atoms with Gasteiger partial charge in [-0.2, -0.15) is 4.91 Å². The molecule has 0 fully saturated rings. The second kappa shape index (κ2) is 8.59. The van der Waals surface area contributed by atoms with Crippen molar-refractivity contribution < 1.29 is 23.8 Å². The summed E-state index contributed by atoms with van der Waals surface area (Å²) >= 11 is 0. The van der Waals surface area contributed by atoms with E-state index in [1.807, 2.05) is 0 Å². The minimum atomic E-state index is -0.895. The number of benzene rings is 1. The molecule has 0 aromatic heterocycles. The zero-order valence-corrected chi connectivity index (χ0v) is 10.6. The van der Waals surface area contributed by atoms with Crippen LogP contribution < -0.4 is 10.5 Å². The monoisotopic (exact) mass is 282 g/mol. The topological polar surface area (TPSA) is 117 Å². The molecule has 0 aliphatic rings. The standard InChI is InChI=1S/C12H14N2O6/c13-11(15)9-1-3-10(4-2-9)20-12(16)19-8-7-18-6-5-14-17/h1-4H,5-8H2,(H2,13,15). The molecule has 1 aromatic rings. The lowest BCUT2D eigenvalue weighted by molar-refractivity contribution is 0.0544. The van der Waals surface area contributed by atoms with Crippen LogP contribution in [-0.2, 0) is 9.47 Å². The lowest BCUT2D eigenvalue weighted by Gasteiger charge is -2.06. The smallest absolute Gasteiger partial charge is 0.432 e. The van der Waals surface area contributed by atoms with Crippen molar-refractivity contribution in [3.05, 3.63) is 34.7 Å². The highest BCUT2D eigenvalue weighted by molar-refractivity contribution is 5.92. The van der Waals surface area contributed by atoms with Gasteiger partial charge in [0.15, 0.2) is 0 Å². The second-order valence-electron chi connectivity index (χ2n) is 3.55. The van der Waals surface area contributed by atoms with E-state index < -0.39 is 12.1 Å². The molecule has 0 aliphatic heterocycles. The minimum absolute atomic E-state index is 0.00292. The number of nitrogens with two attached hydrogens (primary N) is 1. The Kier molecular flexibility index (Phi) is 6.69. The van der Waals surface area contributed by atoms with Crippen molar-refractivity contribution >= 4 is 12.1 Å². The van der Waals surface area contributed by atoms with Gasteiger partial charge >= 0.3 is 6.16 Å². The first-order valence-electron chi connectivity index (χ1n) is 5.75. The lowest BCUT2D eigenvalue weighted by Crippen LogP contribution is -2.15. The van der Waals surface area contributed by atoms with Crippen LogP contribution in [0.1, 0.15) is 10.4 Å². The fourth-order valence-corrected chi connectivity index (χ4v) is 1.20. The molecular formula is C12H14N2O6. The molecule has 0 unspecified atom stereocenters. The molecule has 1 amide bonds. The number of nitrogens with zero attached hydrogens (tertiary/aromatic N) is 1. The van der Waals surface area contributed by atoms with Gasteiger partial charge in [-0.25, -0.2) is 4.79 Å². The van der Waals surface area contributed by atoms with Crippen molar-refractivity contribution in [3.63, 3.8) is 0 Å². The maximum atomic E-state index is 11.3. The van der Waals surface area contributed by atoms with Crippen LogP contribution >= 0.6 is 0 Å². The van der Waals surface area contributed by atoms with E-state index in [1.165, 1.54) is 24.3 Å². The van der Waals surface area contributed by atoms with Crippen LogP contribution in [0.2, 0.25) is 0 Å². The molecule has 1 rings (SSSR count). The summed E-state index contributed by atoms with van der Waals surface area (Å²) in [6.45, 7) is 0.370. The van der Waals surface area contributed by atoms with Crippen LogP contribution in [-0.4, -0.2) is 38.4 Å². The molecule has 108 valence electrons. The highest BCUT2D eigenvalue weighted by atomic mass is 16.7. The van der Waals surface area contributed by atoms with E-state index in [9.17, 15) is 14.5 Å². The number of hydrogen-bond acceptors (Lipinski definition) is 7. The maximum absolute atomic E-state index is 11.3. The fraction of sp³-hybridized carbons (Fsp3) is 0.333. The van der Waals surface area contributed by atoms with Crippen molar-refractivity contribution in [2.75, 3.05) is 26.4 Å². The molecule has 1 aromatic carbocycles. The molecule has 20 heavy (non-hydrogen) atoms. The van der Waals surface area contributed by atoms with Crippen LogP contribution in [0.5, 0.6) is 5.75 Å². The first kappa shape index (κ1) is 15.6. The predicted octanol–water partition coefficient (Wildman–Crippen LogP) is 1.08. The van der Waals surface area contributed by atoms with E-state index in [2.05, 4.69) is 5.18 Å². The number of nitroso groups, excluding NO2 is 1. The third-order valence-corrected chi connectivity index (χ3v) is 2.11.